The molecule has 0 aliphatic carbocycles. The normalized spacial score (nSPS) is 13.6. The molecule has 1 N–H and O–H groups in total. The molecule has 8 nitrogen and oxygen atoms in total. The van der Waals surface area contributed by atoms with Crippen LogP contribution in [0.2, 0.25) is 0 Å². The maximum atomic E-state index is 14.1. The molecule has 188 valence electrons. The van der Waals surface area contributed by atoms with E-state index < -0.39 is 15.5 Å². The Morgan fingerprint density at radius 3 is 1.49 bits per heavy atom. The number of hydrogen-bond acceptors (Lipinski definition) is 6. The highest BCUT2D eigenvalue weighted by atomic mass is 31.3. The van der Waals surface area contributed by atoms with Gasteiger partial charge >= 0.3 is 15.5 Å². The van der Waals surface area contributed by atoms with Crippen molar-refractivity contribution in [2.24, 2.45) is 0 Å². The first kappa shape index (κ1) is 27.5. The fourth-order valence-corrected chi connectivity index (χ4v) is 6.76. The molecule has 0 saturated carbocycles. The van der Waals surface area contributed by atoms with Gasteiger partial charge in [-0.15, -0.1) is 4.44 Å². The predicted octanol–water partition coefficient (Wildman–Crippen LogP) is 6.18. The molecule has 3 rings (SSSR count). The zero-order valence-electron chi connectivity index (χ0n) is 19.6. The van der Waals surface area contributed by atoms with E-state index >= 15 is 0 Å². The molecule has 0 amide bonds. The average Bonchev–Trinajstić information content (AvgIpc) is 2.89. The Morgan fingerprint density at radius 2 is 1.09 bits per heavy atom. The molecule has 1 unspecified atom stereocenters. The van der Waals surface area contributed by atoms with Crippen molar-refractivity contribution in [2.45, 2.75) is 26.7 Å². The molecule has 0 fully saturated rings. The fraction of sp³-hybridized carbons (Fsp3) is 0.280. The highest BCUT2D eigenvalue weighted by Crippen LogP contribution is 2.67. The van der Waals surface area contributed by atoms with Gasteiger partial charge in [-0.1, -0.05) is 91.0 Å². The van der Waals surface area contributed by atoms with Gasteiger partial charge in [0, 0.05) is 13.2 Å². The summed E-state index contributed by atoms with van der Waals surface area (Å²) in [5.41, 5.74) is 2.16. The third-order valence-electron chi connectivity index (χ3n) is 4.93. The van der Waals surface area contributed by atoms with Crippen LogP contribution in [0.15, 0.2) is 91.0 Å². The molecule has 10 heteroatoms. The average molecular weight is 519 g/mol. The Kier molecular flexibility index (Phi) is 10.9. The Hall–Kier alpha value is -2.12. The first-order valence-electron chi connectivity index (χ1n) is 11.3. The second-order valence-electron chi connectivity index (χ2n) is 7.53. The van der Waals surface area contributed by atoms with Crippen LogP contribution in [-0.4, -0.2) is 29.1 Å². The minimum atomic E-state index is -4.63. The van der Waals surface area contributed by atoms with Crippen molar-refractivity contribution in [3.8, 4) is 0 Å². The van der Waals surface area contributed by atoms with Gasteiger partial charge in [-0.05, 0) is 23.6 Å². The van der Waals surface area contributed by atoms with Crippen LogP contribution in [0, 0.1) is 0 Å². The van der Waals surface area contributed by atoms with Gasteiger partial charge in [0.05, 0.1) is 26.4 Å². The maximum absolute atomic E-state index is 14.1. The summed E-state index contributed by atoms with van der Waals surface area (Å²) in [4.78, 5) is 10.9. The van der Waals surface area contributed by atoms with Crippen molar-refractivity contribution in [3.63, 3.8) is 0 Å². The van der Waals surface area contributed by atoms with Crippen LogP contribution >= 0.6 is 15.5 Å². The summed E-state index contributed by atoms with van der Waals surface area (Å²) in [5, 5.41) is 0. The van der Waals surface area contributed by atoms with Crippen LogP contribution in [0.25, 0.3) is 0 Å². The lowest BCUT2D eigenvalue weighted by molar-refractivity contribution is 0.111. The largest absolute Gasteiger partial charge is 0.418 e. The molecule has 0 spiro atoms. The fourth-order valence-electron chi connectivity index (χ4n) is 3.11. The SMILES string of the molecule is CCOCCN(P(=O)(O)OCc1ccccc1)P(=O)(OCc1ccccc1)OCc1ccccc1. The quantitative estimate of drug-likeness (QED) is 0.188. The minimum Gasteiger partial charge on any atom is -0.380 e. The van der Waals surface area contributed by atoms with Crippen LogP contribution in [0.4, 0.5) is 0 Å². The lowest BCUT2D eigenvalue weighted by Crippen LogP contribution is -2.25. The lowest BCUT2D eigenvalue weighted by Gasteiger charge is -2.32. The van der Waals surface area contributed by atoms with E-state index in [9.17, 15) is 14.0 Å². The monoisotopic (exact) mass is 519 g/mol. The number of benzene rings is 3. The van der Waals surface area contributed by atoms with Gasteiger partial charge in [0.25, 0.3) is 0 Å². The summed E-state index contributed by atoms with van der Waals surface area (Å²) in [7, 11) is -8.96. The van der Waals surface area contributed by atoms with Gasteiger partial charge in [0.15, 0.2) is 0 Å². The standard InChI is InChI=1S/C25H31NO7P2/c1-2-30-19-18-26(34(27,28)31-20-23-12-6-3-7-13-23)35(29,32-21-24-14-8-4-9-15-24)33-22-25-16-10-5-11-17-25/h3-17H,2,18-22H2,1H3,(H,27,28). The Morgan fingerprint density at radius 1 is 0.686 bits per heavy atom. The molecule has 0 aliphatic heterocycles. The minimum absolute atomic E-state index is 0.0309. The zero-order chi connectivity index (χ0) is 25.0. The topological polar surface area (TPSA) is 94.5 Å². The number of nitrogens with zero attached hydrogens (tertiary/aromatic N) is 1. The van der Waals surface area contributed by atoms with E-state index in [1.165, 1.54) is 0 Å². The first-order chi connectivity index (χ1) is 16.9. The smallest absolute Gasteiger partial charge is 0.380 e. The molecule has 1 atom stereocenters. The second-order valence-corrected chi connectivity index (χ2v) is 11.5. The molecule has 3 aromatic carbocycles. The van der Waals surface area contributed by atoms with Gasteiger partial charge in [-0.2, -0.15) is 0 Å². The van der Waals surface area contributed by atoms with Gasteiger partial charge in [0.1, 0.15) is 0 Å². The van der Waals surface area contributed by atoms with Crippen LogP contribution < -0.4 is 0 Å². The van der Waals surface area contributed by atoms with Crippen molar-refractivity contribution >= 4 is 15.5 Å². The van der Waals surface area contributed by atoms with Crippen molar-refractivity contribution in [3.05, 3.63) is 108 Å². The van der Waals surface area contributed by atoms with Crippen LogP contribution in [0.3, 0.4) is 0 Å². The van der Waals surface area contributed by atoms with Crippen molar-refractivity contribution < 1.29 is 32.3 Å². The predicted molar refractivity (Wildman–Crippen MR) is 134 cm³/mol. The summed E-state index contributed by atoms with van der Waals surface area (Å²) in [5.74, 6) is 0. The van der Waals surface area contributed by atoms with Crippen LogP contribution in [0.5, 0.6) is 0 Å². The highest BCUT2D eigenvalue weighted by Gasteiger charge is 2.46. The van der Waals surface area contributed by atoms with E-state index in [4.69, 9.17) is 18.3 Å². The van der Waals surface area contributed by atoms with Crippen molar-refractivity contribution in [1.82, 2.24) is 4.44 Å². The maximum Gasteiger partial charge on any atom is 0.418 e. The summed E-state index contributed by atoms with van der Waals surface area (Å²) >= 11 is 0. The molecule has 0 aromatic heterocycles. The molecule has 0 saturated heterocycles. The van der Waals surface area contributed by atoms with Gasteiger partial charge in [-0.3, -0.25) is 13.6 Å². The molecule has 3 aromatic rings. The van der Waals surface area contributed by atoms with Gasteiger partial charge < -0.3 is 9.63 Å². The number of rotatable bonds is 15. The summed E-state index contributed by atoms with van der Waals surface area (Å²) < 4.78 is 50.6. The van der Waals surface area contributed by atoms with E-state index in [2.05, 4.69) is 0 Å². The summed E-state index contributed by atoms with van der Waals surface area (Å²) in [6, 6.07) is 27.1. The van der Waals surface area contributed by atoms with Crippen LogP contribution in [0.1, 0.15) is 23.6 Å². The summed E-state index contributed by atoms with van der Waals surface area (Å²) in [6.07, 6.45) is 0. The van der Waals surface area contributed by atoms with Crippen molar-refractivity contribution in [1.29, 1.82) is 0 Å². The van der Waals surface area contributed by atoms with E-state index in [0.717, 1.165) is 15.6 Å². The van der Waals surface area contributed by atoms with E-state index in [1.807, 2.05) is 42.5 Å². The molecule has 35 heavy (non-hydrogen) atoms. The van der Waals surface area contributed by atoms with Crippen molar-refractivity contribution in [2.75, 3.05) is 19.8 Å². The summed E-state index contributed by atoms with van der Waals surface area (Å²) in [6.45, 7) is 1.69. The number of hydrogen-bond donors (Lipinski definition) is 1. The number of ether oxygens (including phenoxy) is 1. The Bertz CT molecular complexity index is 1050. The molecular weight excluding hydrogens is 488 g/mol. The van der Waals surface area contributed by atoms with Gasteiger partial charge in [0.2, 0.25) is 0 Å². The zero-order valence-corrected chi connectivity index (χ0v) is 21.4. The molecular formula is C25H31NO7P2. The van der Waals surface area contributed by atoms with E-state index in [0.29, 0.717) is 12.2 Å². The Balaban J connectivity index is 1.86. The molecule has 0 heterocycles. The second kappa shape index (κ2) is 13.8. The third-order valence-corrected chi connectivity index (χ3v) is 9.19. The molecule has 0 bridgehead atoms. The van der Waals surface area contributed by atoms with E-state index in [-0.39, 0.29) is 33.0 Å². The third kappa shape index (κ3) is 8.80. The van der Waals surface area contributed by atoms with E-state index in [1.54, 1.807) is 55.5 Å². The van der Waals surface area contributed by atoms with Crippen LogP contribution in [-0.2, 0) is 47.3 Å². The highest BCUT2D eigenvalue weighted by molar-refractivity contribution is 7.66. The molecule has 0 radical (unpaired) electrons. The molecule has 0 aliphatic rings. The Labute approximate surface area is 206 Å². The first-order valence-corrected chi connectivity index (χ1v) is 14.3. The lowest BCUT2D eigenvalue weighted by atomic mass is 10.2. The van der Waals surface area contributed by atoms with Gasteiger partial charge in [-0.25, -0.2) is 9.13 Å².